The van der Waals surface area contributed by atoms with Crippen molar-refractivity contribution in [1.29, 1.82) is 0 Å². The van der Waals surface area contributed by atoms with Gasteiger partial charge in [-0.1, -0.05) is 31.5 Å². The Hall–Kier alpha value is -2.32. The molecule has 0 fully saturated rings. The summed E-state index contributed by atoms with van der Waals surface area (Å²) in [7, 11) is 1.22. The number of allylic oxidation sites excluding steroid dienone is 3. The summed E-state index contributed by atoms with van der Waals surface area (Å²) in [5, 5.41) is 3.22. The van der Waals surface area contributed by atoms with Crippen LogP contribution < -0.4 is 5.32 Å². The molecule has 2 aliphatic rings. The monoisotopic (exact) mass is 495 g/mol. The lowest BCUT2D eigenvalue weighted by molar-refractivity contribution is -0.151. The third-order valence-electron chi connectivity index (χ3n) is 5.92. The quantitative estimate of drug-likeness (QED) is 0.341. The number of nitrogens with one attached hydrogen (secondary N) is 1. The number of carbonyl (C=O) groups is 3. The highest BCUT2D eigenvalue weighted by molar-refractivity contribution is 7.99. The van der Waals surface area contributed by atoms with Crippen molar-refractivity contribution in [3.63, 3.8) is 0 Å². The Bertz CT molecular complexity index is 1020. The van der Waals surface area contributed by atoms with Crippen LogP contribution in [0.3, 0.4) is 0 Å². The number of halogens is 2. The molecule has 1 heterocycles. The average molecular weight is 496 g/mol. The zero-order valence-electron chi connectivity index (χ0n) is 19.0. The maximum absolute atomic E-state index is 15.1. The highest BCUT2D eigenvalue weighted by atomic mass is 35.5. The Kier molecular flexibility index (Phi) is 8.23. The summed E-state index contributed by atoms with van der Waals surface area (Å²) in [6.07, 6.45) is 0.357. The molecular formula is C24H27ClFNO5S. The molecule has 33 heavy (non-hydrogen) atoms. The number of ether oxygens (including phenoxy) is 2. The second-order valence-corrected chi connectivity index (χ2v) is 9.80. The van der Waals surface area contributed by atoms with Gasteiger partial charge in [-0.3, -0.25) is 9.59 Å². The molecule has 3 rings (SSSR count). The van der Waals surface area contributed by atoms with Crippen LogP contribution in [0.1, 0.15) is 38.7 Å². The number of carbonyl (C=O) groups excluding carboxylic acids is 3. The Labute approximate surface area is 201 Å². The van der Waals surface area contributed by atoms with Gasteiger partial charge in [0.05, 0.1) is 18.6 Å². The smallest absolute Gasteiger partial charge is 0.336 e. The number of benzene rings is 1. The normalized spacial score (nSPS) is 22.6. The predicted molar refractivity (Wildman–Crippen MR) is 125 cm³/mol. The van der Waals surface area contributed by atoms with Crippen LogP contribution in [0, 0.1) is 17.7 Å². The van der Waals surface area contributed by atoms with Crippen molar-refractivity contribution >= 4 is 41.1 Å². The standard InChI is InChI=1S/C24H27ClFNO5S/c1-5-33-10-9-32-24(30)18-13(3)27-16-11-12(2)17(23(29)31-4)22(28)20(16)21(18)19-14(25)7-6-8-15(19)26/h6-8,12,17,21,27H,5,9-11H2,1-4H3. The third kappa shape index (κ3) is 4.96. The van der Waals surface area contributed by atoms with Crippen molar-refractivity contribution in [3.05, 3.63) is 57.1 Å². The molecule has 3 unspecified atom stereocenters. The Morgan fingerprint density at radius 2 is 2.06 bits per heavy atom. The number of ketones is 1. The van der Waals surface area contributed by atoms with E-state index in [9.17, 15) is 14.4 Å². The van der Waals surface area contributed by atoms with Crippen LogP contribution in [-0.2, 0) is 23.9 Å². The fraction of sp³-hybridized carbons (Fsp3) is 0.458. The van der Waals surface area contributed by atoms with Gasteiger partial charge >= 0.3 is 11.9 Å². The number of Topliss-reactive ketones (excluding diaryl/α,β-unsaturated/α-hetero) is 1. The lowest BCUT2D eigenvalue weighted by atomic mass is 9.69. The fourth-order valence-corrected chi connectivity index (χ4v) is 5.20. The van der Waals surface area contributed by atoms with Crippen molar-refractivity contribution < 1.29 is 28.2 Å². The van der Waals surface area contributed by atoms with Crippen molar-refractivity contribution in [1.82, 2.24) is 5.32 Å². The van der Waals surface area contributed by atoms with E-state index in [2.05, 4.69) is 5.32 Å². The minimum Gasteiger partial charge on any atom is -0.468 e. The number of esters is 2. The van der Waals surface area contributed by atoms with E-state index in [1.807, 2.05) is 6.92 Å². The molecule has 0 aromatic heterocycles. The van der Waals surface area contributed by atoms with E-state index in [-0.39, 0.29) is 34.3 Å². The first-order valence-corrected chi connectivity index (χ1v) is 12.3. The van der Waals surface area contributed by atoms with Crippen LogP contribution in [0.15, 0.2) is 40.7 Å². The largest absolute Gasteiger partial charge is 0.468 e. The van der Waals surface area contributed by atoms with Crippen LogP contribution in [0.5, 0.6) is 0 Å². The molecule has 1 aliphatic heterocycles. The van der Waals surface area contributed by atoms with Crippen LogP contribution >= 0.6 is 23.4 Å². The SMILES string of the molecule is CCSCCOC(=O)C1=C(C)NC2=C(C(=O)C(C(=O)OC)C(C)C2)C1c1c(F)cccc1Cl. The summed E-state index contributed by atoms with van der Waals surface area (Å²) in [4.78, 5) is 39.2. The van der Waals surface area contributed by atoms with Gasteiger partial charge in [-0.2, -0.15) is 11.8 Å². The summed E-state index contributed by atoms with van der Waals surface area (Å²) in [5.74, 6) is -3.48. The van der Waals surface area contributed by atoms with Gasteiger partial charge in [0.25, 0.3) is 0 Å². The van der Waals surface area contributed by atoms with E-state index >= 15 is 4.39 Å². The van der Waals surface area contributed by atoms with E-state index in [0.29, 0.717) is 23.6 Å². The second-order valence-electron chi connectivity index (χ2n) is 8.00. The minimum absolute atomic E-state index is 0.00826. The number of hydrogen-bond acceptors (Lipinski definition) is 7. The van der Waals surface area contributed by atoms with Gasteiger partial charge in [-0.05, 0) is 37.1 Å². The minimum atomic E-state index is -1.10. The molecule has 6 nitrogen and oxygen atoms in total. The molecule has 1 N–H and O–H groups in total. The van der Waals surface area contributed by atoms with Gasteiger partial charge in [-0.25, -0.2) is 9.18 Å². The van der Waals surface area contributed by atoms with Gasteiger partial charge in [-0.15, -0.1) is 0 Å². The van der Waals surface area contributed by atoms with Crippen LogP contribution in [0.4, 0.5) is 4.39 Å². The molecule has 1 aromatic carbocycles. The molecule has 0 amide bonds. The zero-order chi connectivity index (χ0) is 24.3. The van der Waals surface area contributed by atoms with Crippen LogP contribution in [-0.4, -0.2) is 42.9 Å². The summed E-state index contributed by atoms with van der Waals surface area (Å²) in [6.45, 7) is 5.64. The predicted octanol–water partition coefficient (Wildman–Crippen LogP) is 4.39. The van der Waals surface area contributed by atoms with Gasteiger partial charge in [0.1, 0.15) is 18.3 Å². The number of hydrogen-bond donors (Lipinski definition) is 1. The lowest BCUT2D eigenvalue weighted by Gasteiger charge is -2.38. The molecule has 1 aromatic rings. The third-order valence-corrected chi connectivity index (χ3v) is 7.11. The number of methoxy groups -OCH3 is 1. The number of rotatable bonds is 7. The van der Waals surface area contributed by atoms with Crippen molar-refractivity contribution in [2.24, 2.45) is 11.8 Å². The van der Waals surface area contributed by atoms with Crippen LogP contribution in [0.25, 0.3) is 0 Å². The maximum atomic E-state index is 15.1. The molecule has 9 heteroatoms. The van der Waals surface area contributed by atoms with Gasteiger partial charge < -0.3 is 14.8 Å². The highest BCUT2D eigenvalue weighted by Gasteiger charge is 2.48. The maximum Gasteiger partial charge on any atom is 0.336 e. The zero-order valence-corrected chi connectivity index (χ0v) is 20.6. The van der Waals surface area contributed by atoms with E-state index < -0.39 is 35.4 Å². The molecule has 178 valence electrons. The number of dihydropyridines is 1. The summed E-state index contributed by atoms with van der Waals surface area (Å²) < 4.78 is 25.5. The Balaban J connectivity index is 2.14. The molecule has 0 saturated carbocycles. The first kappa shape index (κ1) is 25.3. The van der Waals surface area contributed by atoms with E-state index in [4.69, 9.17) is 21.1 Å². The van der Waals surface area contributed by atoms with E-state index in [0.717, 1.165) is 5.75 Å². The van der Waals surface area contributed by atoms with Crippen molar-refractivity contribution in [2.75, 3.05) is 25.2 Å². The van der Waals surface area contributed by atoms with Crippen molar-refractivity contribution in [2.45, 2.75) is 33.1 Å². The summed E-state index contributed by atoms with van der Waals surface area (Å²) in [5.41, 5.74) is 1.27. The first-order chi connectivity index (χ1) is 15.7. The molecular weight excluding hydrogens is 469 g/mol. The molecule has 0 bridgehead atoms. The molecule has 0 saturated heterocycles. The topological polar surface area (TPSA) is 81.7 Å². The molecule has 0 spiro atoms. The average Bonchev–Trinajstić information content (AvgIpc) is 2.75. The Morgan fingerprint density at radius 3 is 2.70 bits per heavy atom. The number of thioether (sulfide) groups is 1. The Morgan fingerprint density at radius 1 is 1.33 bits per heavy atom. The van der Waals surface area contributed by atoms with E-state index in [1.165, 1.54) is 25.3 Å². The van der Waals surface area contributed by atoms with Gasteiger partial charge in [0.2, 0.25) is 0 Å². The molecule has 3 atom stereocenters. The lowest BCUT2D eigenvalue weighted by Crippen LogP contribution is -2.43. The first-order valence-electron chi connectivity index (χ1n) is 10.7. The molecule has 0 radical (unpaired) electrons. The molecule has 1 aliphatic carbocycles. The summed E-state index contributed by atoms with van der Waals surface area (Å²) >= 11 is 8.02. The van der Waals surface area contributed by atoms with Gasteiger partial charge in [0.15, 0.2) is 5.78 Å². The highest BCUT2D eigenvalue weighted by Crippen LogP contribution is 2.47. The van der Waals surface area contributed by atoms with Gasteiger partial charge in [0, 0.05) is 33.3 Å². The fourth-order valence-electron chi connectivity index (χ4n) is 4.44. The van der Waals surface area contributed by atoms with Crippen LogP contribution in [0.2, 0.25) is 5.02 Å². The summed E-state index contributed by atoms with van der Waals surface area (Å²) in [6, 6.07) is 4.19. The second kappa shape index (κ2) is 10.7. The van der Waals surface area contributed by atoms with E-state index in [1.54, 1.807) is 25.6 Å². The van der Waals surface area contributed by atoms with Crippen molar-refractivity contribution in [3.8, 4) is 0 Å².